The molecule has 0 aromatic carbocycles. The average Bonchev–Trinajstić information content (AvgIpc) is 1.27. The molecule has 0 spiro atoms. The van der Waals surface area contributed by atoms with Crippen LogP contribution in [0.2, 0.25) is 0 Å². The molecule has 0 radical (unpaired) electrons. The van der Waals surface area contributed by atoms with Gasteiger partial charge in [-0.05, 0) is 6.92 Å². The van der Waals surface area contributed by atoms with Crippen LogP contribution in [0.4, 0.5) is 4.79 Å². The zero-order chi connectivity index (χ0) is 5.86. The van der Waals surface area contributed by atoms with Gasteiger partial charge in [-0.15, -0.1) is 0 Å². The maximum Gasteiger partial charge on any atom is 0.277 e. The molecule has 0 aromatic rings. The number of hydrogen-bond acceptors (Lipinski definition) is 2. The summed E-state index contributed by atoms with van der Waals surface area (Å²) in [6.07, 6.45) is -0.301. The summed E-state index contributed by atoms with van der Waals surface area (Å²) in [7, 11) is 0. The van der Waals surface area contributed by atoms with Crippen LogP contribution < -0.4 is 11.1 Å². The zero-order valence-corrected chi connectivity index (χ0v) is 4.90. The van der Waals surface area contributed by atoms with Crippen LogP contribution in [0, 0.1) is 0 Å². The summed E-state index contributed by atoms with van der Waals surface area (Å²) in [5.41, 5.74) is 5.11. The Kier molecular flexibility index (Phi) is 2.78. The standard InChI is InChI=1S/C3H8N2OS/c1-2(4)5-3(6)7/h2H,4H2,1H3,(H2,5,6,7). The van der Waals surface area contributed by atoms with E-state index in [0.29, 0.717) is 0 Å². The third-order valence-corrected chi connectivity index (χ3v) is 0.480. The quantitative estimate of drug-likeness (QED) is 0.335. The number of hydrogen-bond donors (Lipinski definition) is 3. The lowest BCUT2D eigenvalue weighted by Gasteiger charge is -2.01. The third kappa shape index (κ3) is 5.78. The molecule has 0 heterocycles. The Hall–Kier alpha value is -0.220. The Balaban J connectivity index is 3.13. The molecule has 0 aliphatic carbocycles. The highest BCUT2D eigenvalue weighted by molar-refractivity contribution is 7.96. The van der Waals surface area contributed by atoms with E-state index >= 15 is 0 Å². The van der Waals surface area contributed by atoms with Gasteiger partial charge < -0.3 is 11.1 Å². The van der Waals surface area contributed by atoms with Crippen LogP contribution in [-0.2, 0) is 0 Å². The summed E-state index contributed by atoms with van der Waals surface area (Å²) >= 11 is 3.41. The van der Waals surface area contributed by atoms with Gasteiger partial charge in [0.1, 0.15) is 0 Å². The van der Waals surface area contributed by atoms with Crippen LogP contribution >= 0.6 is 12.6 Å². The van der Waals surface area contributed by atoms with Gasteiger partial charge in [0.15, 0.2) is 0 Å². The summed E-state index contributed by atoms with van der Waals surface area (Å²) in [6, 6.07) is 0. The molecule has 0 aliphatic rings. The third-order valence-electron chi connectivity index (χ3n) is 0.351. The lowest BCUT2D eigenvalue weighted by molar-refractivity contribution is 0.258. The number of rotatable bonds is 1. The van der Waals surface area contributed by atoms with E-state index in [1.54, 1.807) is 6.92 Å². The minimum absolute atomic E-state index is 0.301. The second-order valence-corrected chi connectivity index (χ2v) is 1.64. The molecular formula is C3H8N2OS. The molecule has 0 rings (SSSR count). The first-order valence-corrected chi connectivity index (χ1v) is 2.32. The molecule has 0 bridgehead atoms. The summed E-state index contributed by atoms with van der Waals surface area (Å²) in [6.45, 7) is 1.66. The summed E-state index contributed by atoms with van der Waals surface area (Å²) in [5.74, 6) is 0. The average molecular weight is 120 g/mol. The van der Waals surface area contributed by atoms with Crippen molar-refractivity contribution in [3.8, 4) is 0 Å². The number of amides is 1. The van der Waals surface area contributed by atoms with Gasteiger partial charge in [0, 0.05) is 0 Å². The fourth-order valence-electron chi connectivity index (χ4n) is 0.195. The van der Waals surface area contributed by atoms with Crippen molar-refractivity contribution in [2.24, 2.45) is 5.73 Å². The molecule has 1 unspecified atom stereocenters. The normalized spacial score (nSPS) is 13.0. The zero-order valence-electron chi connectivity index (χ0n) is 4.01. The number of carbonyl (C=O) groups is 1. The number of thiol groups is 1. The first kappa shape index (κ1) is 6.78. The van der Waals surface area contributed by atoms with Gasteiger partial charge >= 0.3 is 0 Å². The molecular weight excluding hydrogens is 112 g/mol. The summed E-state index contributed by atoms with van der Waals surface area (Å²) < 4.78 is 0. The van der Waals surface area contributed by atoms with Crippen LogP contribution in [0.5, 0.6) is 0 Å². The van der Waals surface area contributed by atoms with E-state index < -0.39 is 5.24 Å². The van der Waals surface area contributed by atoms with Crippen molar-refractivity contribution in [1.29, 1.82) is 0 Å². The molecule has 42 valence electrons. The molecule has 1 atom stereocenters. The smallest absolute Gasteiger partial charge is 0.277 e. The summed E-state index contributed by atoms with van der Waals surface area (Å²) in [5, 5.41) is 1.92. The Morgan fingerprint density at radius 2 is 2.43 bits per heavy atom. The topological polar surface area (TPSA) is 55.1 Å². The maximum absolute atomic E-state index is 9.93. The van der Waals surface area contributed by atoms with E-state index in [-0.39, 0.29) is 6.17 Å². The van der Waals surface area contributed by atoms with Crippen LogP contribution in [-0.4, -0.2) is 11.4 Å². The molecule has 0 saturated carbocycles. The molecule has 0 fully saturated rings. The summed E-state index contributed by atoms with van der Waals surface area (Å²) in [4.78, 5) is 9.93. The number of nitrogens with one attached hydrogen (secondary N) is 1. The number of nitrogens with two attached hydrogens (primary N) is 1. The monoisotopic (exact) mass is 120 g/mol. The van der Waals surface area contributed by atoms with E-state index in [4.69, 9.17) is 5.73 Å². The molecule has 0 aliphatic heterocycles. The van der Waals surface area contributed by atoms with E-state index in [0.717, 1.165) is 0 Å². The minimum Gasteiger partial charge on any atom is -0.332 e. The molecule has 3 nitrogen and oxygen atoms in total. The van der Waals surface area contributed by atoms with E-state index in [2.05, 4.69) is 17.9 Å². The van der Waals surface area contributed by atoms with Crippen molar-refractivity contribution in [3.05, 3.63) is 0 Å². The van der Waals surface area contributed by atoms with Crippen LogP contribution in [0.3, 0.4) is 0 Å². The van der Waals surface area contributed by atoms with E-state index in [1.807, 2.05) is 0 Å². The molecule has 4 heteroatoms. The van der Waals surface area contributed by atoms with Gasteiger partial charge in [-0.1, -0.05) is 12.6 Å². The molecule has 0 saturated heterocycles. The largest absolute Gasteiger partial charge is 0.332 e. The van der Waals surface area contributed by atoms with Crippen LogP contribution in [0.25, 0.3) is 0 Å². The van der Waals surface area contributed by atoms with Gasteiger partial charge in [-0.3, -0.25) is 4.79 Å². The van der Waals surface area contributed by atoms with Gasteiger partial charge in [0.2, 0.25) is 0 Å². The minimum atomic E-state index is -0.394. The fraction of sp³-hybridized carbons (Fsp3) is 0.667. The van der Waals surface area contributed by atoms with Crippen molar-refractivity contribution >= 4 is 17.9 Å². The van der Waals surface area contributed by atoms with Crippen molar-refractivity contribution in [2.45, 2.75) is 13.1 Å². The fourth-order valence-corrected chi connectivity index (χ4v) is 0.398. The Morgan fingerprint density at radius 3 is 2.43 bits per heavy atom. The predicted molar refractivity (Wildman–Crippen MR) is 31.2 cm³/mol. The first-order chi connectivity index (χ1) is 3.13. The number of carbonyl (C=O) groups excluding carboxylic acids is 1. The van der Waals surface area contributed by atoms with Gasteiger partial charge in [-0.2, -0.15) is 0 Å². The van der Waals surface area contributed by atoms with E-state index in [1.165, 1.54) is 0 Å². The Bertz CT molecular complexity index is 73.3. The van der Waals surface area contributed by atoms with Crippen LogP contribution in [0.1, 0.15) is 6.92 Å². The lowest BCUT2D eigenvalue weighted by atomic mass is 10.6. The molecule has 1 amide bonds. The Labute approximate surface area is 47.7 Å². The van der Waals surface area contributed by atoms with Crippen molar-refractivity contribution in [2.75, 3.05) is 0 Å². The Morgan fingerprint density at radius 1 is 2.00 bits per heavy atom. The predicted octanol–water partition coefficient (Wildman–Crippen LogP) is -0.0695. The van der Waals surface area contributed by atoms with E-state index in [9.17, 15) is 4.79 Å². The molecule has 0 aromatic heterocycles. The second-order valence-electron chi connectivity index (χ2n) is 1.24. The highest BCUT2D eigenvalue weighted by Crippen LogP contribution is 1.75. The first-order valence-electron chi connectivity index (χ1n) is 1.88. The lowest BCUT2D eigenvalue weighted by Crippen LogP contribution is -2.35. The SMILES string of the molecule is CC(N)NC(=O)S. The second kappa shape index (κ2) is 2.87. The van der Waals surface area contributed by atoms with Crippen LogP contribution in [0.15, 0.2) is 0 Å². The highest BCUT2D eigenvalue weighted by atomic mass is 32.1. The molecule has 3 N–H and O–H groups in total. The van der Waals surface area contributed by atoms with Gasteiger partial charge in [-0.25, -0.2) is 0 Å². The maximum atomic E-state index is 9.93. The van der Waals surface area contributed by atoms with Crippen molar-refractivity contribution < 1.29 is 4.79 Å². The highest BCUT2D eigenvalue weighted by Gasteiger charge is 1.92. The van der Waals surface area contributed by atoms with Crippen molar-refractivity contribution in [1.82, 2.24) is 5.32 Å². The molecule has 7 heavy (non-hydrogen) atoms. The van der Waals surface area contributed by atoms with Gasteiger partial charge in [0.25, 0.3) is 5.24 Å². The van der Waals surface area contributed by atoms with Crippen molar-refractivity contribution in [3.63, 3.8) is 0 Å². The van der Waals surface area contributed by atoms with Gasteiger partial charge in [0.05, 0.1) is 6.17 Å².